The van der Waals surface area contributed by atoms with Gasteiger partial charge in [0, 0.05) is 15.4 Å². The standard InChI is InChI=1S/C28H26BrCl2N3O3/c1-4-17(3)27-33-24-11-8-20(29)14-22(24)28(35)34(27)32-15-19-12-23(31)26(25(13-19)36-5-2)37-16-18-6-9-21(30)10-7-18/h6-15,17H,4-5,16H2,1-3H3/t17-/m1/s1. The maximum absolute atomic E-state index is 13.4. The van der Waals surface area contributed by atoms with Gasteiger partial charge in [-0.1, -0.05) is 65.1 Å². The molecular formula is C28H26BrCl2N3O3. The fraction of sp³-hybridized carbons (Fsp3) is 0.250. The number of hydrogen-bond donors (Lipinski definition) is 0. The molecule has 3 aromatic carbocycles. The van der Waals surface area contributed by atoms with Crippen molar-refractivity contribution in [2.45, 2.75) is 39.7 Å². The second-order valence-corrected chi connectivity index (χ2v) is 10.2. The number of fused-ring (bicyclic) bond motifs is 1. The van der Waals surface area contributed by atoms with E-state index in [1.165, 1.54) is 4.68 Å². The van der Waals surface area contributed by atoms with E-state index < -0.39 is 0 Å². The van der Waals surface area contributed by atoms with Gasteiger partial charge >= 0.3 is 0 Å². The molecule has 0 aliphatic carbocycles. The van der Waals surface area contributed by atoms with Crippen molar-refractivity contribution in [3.05, 3.63) is 96.4 Å². The maximum Gasteiger partial charge on any atom is 0.282 e. The van der Waals surface area contributed by atoms with Gasteiger partial charge < -0.3 is 9.47 Å². The van der Waals surface area contributed by atoms with Crippen molar-refractivity contribution in [1.82, 2.24) is 9.66 Å². The van der Waals surface area contributed by atoms with Gasteiger partial charge in [0.1, 0.15) is 12.4 Å². The molecule has 0 amide bonds. The van der Waals surface area contributed by atoms with Gasteiger partial charge in [-0.05, 0) is 66.9 Å². The highest BCUT2D eigenvalue weighted by Gasteiger charge is 2.17. The van der Waals surface area contributed by atoms with Crippen LogP contribution >= 0.6 is 39.1 Å². The summed E-state index contributed by atoms with van der Waals surface area (Å²) in [4.78, 5) is 18.1. The van der Waals surface area contributed by atoms with Gasteiger partial charge in [0.15, 0.2) is 11.5 Å². The van der Waals surface area contributed by atoms with Crippen LogP contribution in [0.2, 0.25) is 10.0 Å². The van der Waals surface area contributed by atoms with E-state index in [9.17, 15) is 4.79 Å². The van der Waals surface area contributed by atoms with E-state index in [1.807, 2.05) is 45.0 Å². The second-order valence-electron chi connectivity index (χ2n) is 8.48. The van der Waals surface area contributed by atoms with Crippen molar-refractivity contribution in [1.29, 1.82) is 0 Å². The molecule has 37 heavy (non-hydrogen) atoms. The molecule has 0 saturated heterocycles. The summed E-state index contributed by atoms with van der Waals surface area (Å²) in [5.41, 5.74) is 2.00. The Bertz CT molecular complexity index is 1500. The average molecular weight is 603 g/mol. The SMILES string of the molecule is CCOc1cc(C=Nn2c([C@H](C)CC)nc3ccc(Br)cc3c2=O)cc(Cl)c1OCc1ccc(Cl)cc1. The van der Waals surface area contributed by atoms with E-state index in [2.05, 4.69) is 21.0 Å². The molecule has 1 atom stereocenters. The van der Waals surface area contributed by atoms with Crippen LogP contribution in [0.3, 0.4) is 0 Å². The van der Waals surface area contributed by atoms with Crippen molar-refractivity contribution < 1.29 is 9.47 Å². The van der Waals surface area contributed by atoms with E-state index in [1.54, 1.807) is 36.5 Å². The maximum atomic E-state index is 13.4. The highest BCUT2D eigenvalue weighted by molar-refractivity contribution is 9.10. The molecule has 0 saturated carbocycles. The smallest absolute Gasteiger partial charge is 0.282 e. The van der Waals surface area contributed by atoms with Crippen LogP contribution in [0.15, 0.2) is 69.0 Å². The number of hydrogen-bond acceptors (Lipinski definition) is 5. The van der Waals surface area contributed by atoms with E-state index in [4.69, 9.17) is 37.7 Å². The summed E-state index contributed by atoms with van der Waals surface area (Å²) in [6.45, 7) is 6.68. The number of ether oxygens (including phenoxy) is 2. The Morgan fingerprint density at radius 3 is 2.54 bits per heavy atom. The van der Waals surface area contributed by atoms with E-state index in [-0.39, 0.29) is 11.5 Å². The van der Waals surface area contributed by atoms with Crippen molar-refractivity contribution in [3.63, 3.8) is 0 Å². The van der Waals surface area contributed by atoms with Gasteiger partial charge in [0.25, 0.3) is 5.56 Å². The molecule has 0 aliphatic rings. The Hall–Kier alpha value is -2.87. The first-order valence-electron chi connectivity index (χ1n) is 11.9. The topological polar surface area (TPSA) is 65.7 Å². The Morgan fingerprint density at radius 1 is 1.08 bits per heavy atom. The summed E-state index contributed by atoms with van der Waals surface area (Å²) in [7, 11) is 0. The van der Waals surface area contributed by atoms with Crippen LogP contribution in [0.4, 0.5) is 0 Å². The van der Waals surface area contributed by atoms with Gasteiger partial charge in [-0.2, -0.15) is 9.78 Å². The molecule has 0 unspecified atom stereocenters. The van der Waals surface area contributed by atoms with Gasteiger partial charge in [0.05, 0.1) is 28.7 Å². The molecule has 1 heterocycles. The quantitative estimate of drug-likeness (QED) is 0.183. The van der Waals surface area contributed by atoms with Crippen molar-refractivity contribution >= 4 is 56.2 Å². The lowest BCUT2D eigenvalue weighted by molar-refractivity contribution is 0.269. The first-order chi connectivity index (χ1) is 17.8. The normalized spacial score (nSPS) is 12.3. The molecular weight excluding hydrogens is 577 g/mol. The van der Waals surface area contributed by atoms with Crippen molar-refractivity contribution in [2.24, 2.45) is 5.10 Å². The highest BCUT2D eigenvalue weighted by atomic mass is 79.9. The summed E-state index contributed by atoms with van der Waals surface area (Å²) in [6, 6.07) is 16.4. The molecule has 9 heteroatoms. The monoisotopic (exact) mass is 601 g/mol. The predicted octanol–water partition coefficient (Wildman–Crippen LogP) is 7.84. The summed E-state index contributed by atoms with van der Waals surface area (Å²) in [5, 5.41) is 6.05. The molecule has 4 aromatic rings. The van der Waals surface area contributed by atoms with Gasteiger partial charge in [-0.15, -0.1) is 0 Å². The largest absolute Gasteiger partial charge is 0.490 e. The lowest BCUT2D eigenvalue weighted by Gasteiger charge is -2.15. The zero-order valence-electron chi connectivity index (χ0n) is 20.7. The third kappa shape index (κ3) is 6.35. The number of rotatable bonds is 9. The van der Waals surface area contributed by atoms with E-state index in [0.29, 0.717) is 57.0 Å². The Kier molecular flexibility index (Phi) is 8.90. The van der Waals surface area contributed by atoms with Crippen molar-refractivity contribution in [2.75, 3.05) is 6.61 Å². The molecule has 6 nitrogen and oxygen atoms in total. The zero-order valence-corrected chi connectivity index (χ0v) is 23.8. The molecule has 192 valence electrons. The van der Waals surface area contributed by atoms with Crippen LogP contribution < -0.4 is 15.0 Å². The number of nitrogens with zero attached hydrogens (tertiary/aromatic N) is 3. The minimum Gasteiger partial charge on any atom is -0.490 e. The average Bonchev–Trinajstić information content (AvgIpc) is 2.88. The summed E-state index contributed by atoms with van der Waals surface area (Å²) >= 11 is 16.0. The van der Waals surface area contributed by atoms with Crippen LogP contribution in [-0.2, 0) is 6.61 Å². The third-order valence-corrected chi connectivity index (χ3v) is 6.86. The minimum absolute atomic E-state index is 0.0316. The summed E-state index contributed by atoms with van der Waals surface area (Å²) < 4.78 is 14.0. The van der Waals surface area contributed by atoms with Crippen LogP contribution in [0.1, 0.15) is 50.1 Å². The first kappa shape index (κ1) is 27.2. The third-order valence-electron chi connectivity index (χ3n) is 5.84. The molecule has 0 N–H and O–H groups in total. The highest BCUT2D eigenvalue weighted by Crippen LogP contribution is 2.37. The van der Waals surface area contributed by atoms with Gasteiger partial charge in [0.2, 0.25) is 0 Å². The van der Waals surface area contributed by atoms with Crippen LogP contribution in [0.5, 0.6) is 11.5 Å². The molecule has 0 radical (unpaired) electrons. The number of benzene rings is 3. The van der Waals surface area contributed by atoms with E-state index >= 15 is 0 Å². The van der Waals surface area contributed by atoms with Gasteiger partial charge in [-0.3, -0.25) is 4.79 Å². The number of halogens is 3. The molecule has 0 aliphatic heterocycles. The fourth-order valence-corrected chi connectivity index (χ4v) is 4.47. The summed E-state index contributed by atoms with van der Waals surface area (Å²) in [6.07, 6.45) is 2.39. The van der Waals surface area contributed by atoms with E-state index in [0.717, 1.165) is 16.5 Å². The molecule has 0 fully saturated rings. The Labute approximate surface area is 234 Å². The van der Waals surface area contributed by atoms with Crippen molar-refractivity contribution in [3.8, 4) is 11.5 Å². The Balaban J connectivity index is 1.71. The predicted molar refractivity (Wildman–Crippen MR) is 154 cm³/mol. The second kappa shape index (κ2) is 12.1. The molecule has 0 spiro atoms. The molecule has 0 bridgehead atoms. The van der Waals surface area contributed by atoms with Crippen LogP contribution in [0, 0.1) is 0 Å². The lowest BCUT2D eigenvalue weighted by atomic mass is 10.1. The first-order valence-corrected chi connectivity index (χ1v) is 13.5. The Morgan fingerprint density at radius 2 is 1.84 bits per heavy atom. The van der Waals surface area contributed by atoms with Gasteiger partial charge in [-0.25, -0.2) is 4.98 Å². The molecule has 4 rings (SSSR count). The fourth-order valence-electron chi connectivity index (χ4n) is 3.71. The zero-order chi connectivity index (χ0) is 26.5. The lowest BCUT2D eigenvalue weighted by Crippen LogP contribution is -2.23. The molecule has 1 aromatic heterocycles. The number of aromatic nitrogens is 2. The minimum atomic E-state index is -0.239. The van der Waals surface area contributed by atoms with Crippen LogP contribution in [-0.4, -0.2) is 22.5 Å². The summed E-state index contributed by atoms with van der Waals surface area (Å²) in [5.74, 6) is 1.55. The van der Waals surface area contributed by atoms with Crippen LogP contribution in [0.25, 0.3) is 10.9 Å².